The van der Waals surface area contributed by atoms with Crippen LogP contribution in [0.3, 0.4) is 0 Å². The van der Waals surface area contributed by atoms with E-state index in [1.54, 1.807) is 6.07 Å². The van der Waals surface area contributed by atoms with E-state index in [0.29, 0.717) is 23.5 Å². The van der Waals surface area contributed by atoms with E-state index in [4.69, 9.17) is 4.42 Å². The lowest BCUT2D eigenvalue weighted by Crippen LogP contribution is -2.46. The van der Waals surface area contributed by atoms with E-state index in [2.05, 4.69) is 20.2 Å². The predicted octanol–water partition coefficient (Wildman–Crippen LogP) is 2.69. The number of halogens is 3. The van der Waals surface area contributed by atoms with Crippen LogP contribution in [0.1, 0.15) is 17.8 Å². The molecule has 1 saturated heterocycles. The second kappa shape index (κ2) is 8.14. The Morgan fingerprint density at radius 2 is 2.20 bits per heavy atom. The molecule has 3 heterocycles. The molecule has 0 amide bonds. The van der Waals surface area contributed by atoms with Crippen LogP contribution in [0.15, 0.2) is 35.0 Å². The molecule has 136 valence electrons. The molecule has 1 aromatic carbocycles. The number of oxazole rings is 1. The quantitative estimate of drug-likeness (QED) is 0.748. The van der Waals surface area contributed by atoms with Gasteiger partial charge in [0.25, 0.3) is 0 Å². The van der Waals surface area contributed by atoms with Gasteiger partial charge < -0.3 is 14.3 Å². The van der Waals surface area contributed by atoms with Crippen molar-refractivity contribution in [2.24, 2.45) is 7.05 Å². The first-order valence-corrected chi connectivity index (χ1v) is 7.67. The molecule has 1 aliphatic heterocycles. The van der Waals surface area contributed by atoms with Crippen LogP contribution < -0.4 is 5.32 Å². The highest BCUT2D eigenvalue weighted by atomic mass is 35.5. The summed E-state index contributed by atoms with van der Waals surface area (Å²) in [5.41, 5.74) is 1.17. The van der Waals surface area contributed by atoms with Gasteiger partial charge in [0.15, 0.2) is 5.58 Å². The van der Waals surface area contributed by atoms with Crippen molar-refractivity contribution in [3.8, 4) is 0 Å². The third kappa shape index (κ3) is 3.95. The number of aryl methyl sites for hydroxylation is 1. The van der Waals surface area contributed by atoms with E-state index in [-0.39, 0.29) is 36.7 Å². The lowest BCUT2D eigenvalue weighted by atomic mass is 10.1. The summed E-state index contributed by atoms with van der Waals surface area (Å²) in [6.07, 6.45) is 3.76. The maximum Gasteiger partial charge on any atom is 0.209 e. The minimum atomic E-state index is -0.301. The van der Waals surface area contributed by atoms with Gasteiger partial charge in [-0.25, -0.2) is 14.4 Å². The number of nitrogens with zero attached hydrogens (tertiary/aromatic N) is 4. The number of aromatic nitrogens is 3. The highest BCUT2D eigenvalue weighted by molar-refractivity contribution is 5.85. The number of piperazine rings is 1. The summed E-state index contributed by atoms with van der Waals surface area (Å²) >= 11 is 0. The molecule has 25 heavy (non-hydrogen) atoms. The number of hydrogen-bond donors (Lipinski definition) is 1. The molecular formula is C16H20Cl2FN5O. The van der Waals surface area contributed by atoms with Crippen LogP contribution in [-0.2, 0) is 13.6 Å². The van der Waals surface area contributed by atoms with Gasteiger partial charge in [-0.2, -0.15) is 0 Å². The molecule has 3 aromatic rings. The van der Waals surface area contributed by atoms with Gasteiger partial charge in [0.1, 0.15) is 17.2 Å². The molecule has 0 saturated carbocycles. The first-order valence-electron chi connectivity index (χ1n) is 7.67. The summed E-state index contributed by atoms with van der Waals surface area (Å²) in [7, 11) is 2.00. The number of rotatable bonds is 3. The molecule has 1 fully saturated rings. The van der Waals surface area contributed by atoms with Gasteiger partial charge in [0.2, 0.25) is 5.89 Å². The number of hydrogen-bond acceptors (Lipinski definition) is 5. The molecule has 4 rings (SSSR count). The smallest absolute Gasteiger partial charge is 0.209 e. The Kier molecular flexibility index (Phi) is 6.40. The van der Waals surface area contributed by atoms with Crippen molar-refractivity contribution in [3.05, 3.63) is 48.1 Å². The van der Waals surface area contributed by atoms with Gasteiger partial charge in [-0.15, -0.1) is 24.8 Å². The minimum Gasteiger partial charge on any atom is -0.439 e. The van der Waals surface area contributed by atoms with Crippen LogP contribution in [0, 0.1) is 5.82 Å². The average Bonchev–Trinajstić information content (AvgIpc) is 3.13. The average molecular weight is 388 g/mol. The number of fused-ring (bicyclic) bond motifs is 1. The second-order valence-corrected chi connectivity index (χ2v) is 5.81. The third-order valence-corrected chi connectivity index (χ3v) is 4.24. The third-order valence-electron chi connectivity index (χ3n) is 4.24. The Hall–Kier alpha value is -1.67. The van der Waals surface area contributed by atoms with Gasteiger partial charge in [0.05, 0.1) is 12.6 Å². The molecule has 0 aliphatic carbocycles. The van der Waals surface area contributed by atoms with Crippen molar-refractivity contribution in [1.29, 1.82) is 0 Å². The summed E-state index contributed by atoms with van der Waals surface area (Å²) in [5.74, 6) is 1.32. The standard InChI is InChI=1S/C16H18FN5O.2ClH/c1-21-6-5-19-16(21)13-9-18-4-7-22(13)10-15-20-12-8-11(17)2-3-14(12)23-15;;/h2-3,5-6,8,13,18H,4,7,9-10H2,1H3;2*1H. The fraction of sp³-hybridized carbons (Fsp3) is 0.375. The summed E-state index contributed by atoms with van der Waals surface area (Å²) in [6, 6.07) is 4.57. The molecular weight excluding hydrogens is 368 g/mol. The summed E-state index contributed by atoms with van der Waals surface area (Å²) < 4.78 is 21.1. The Morgan fingerprint density at radius 1 is 1.36 bits per heavy atom. The second-order valence-electron chi connectivity index (χ2n) is 5.81. The van der Waals surface area contributed by atoms with Crippen molar-refractivity contribution in [3.63, 3.8) is 0 Å². The van der Waals surface area contributed by atoms with Crippen LogP contribution >= 0.6 is 24.8 Å². The van der Waals surface area contributed by atoms with Crippen LogP contribution in [0.4, 0.5) is 4.39 Å². The largest absolute Gasteiger partial charge is 0.439 e. The van der Waals surface area contributed by atoms with Crippen LogP contribution in [0.5, 0.6) is 0 Å². The highest BCUT2D eigenvalue weighted by Crippen LogP contribution is 2.24. The van der Waals surface area contributed by atoms with Crippen molar-refractivity contribution in [2.45, 2.75) is 12.6 Å². The fourth-order valence-electron chi connectivity index (χ4n) is 3.08. The molecule has 0 bridgehead atoms. The van der Waals surface area contributed by atoms with Gasteiger partial charge in [-0.05, 0) is 12.1 Å². The number of nitrogens with one attached hydrogen (secondary N) is 1. The summed E-state index contributed by atoms with van der Waals surface area (Å²) in [6.45, 7) is 3.20. The molecule has 2 aromatic heterocycles. The summed E-state index contributed by atoms with van der Waals surface area (Å²) in [5, 5.41) is 3.40. The first kappa shape index (κ1) is 19.7. The molecule has 0 radical (unpaired) electrons. The minimum absolute atomic E-state index is 0. The Labute approximate surface area is 157 Å². The van der Waals surface area contributed by atoms with Crippen LogP contribution in [0.2, 0.25) is 0 Å². The zero-order chi connectivity index (χ0) is 15.8. The fourth-order valence-corrected chi connectivity index (χ4v) is 3.08. The zero-order valence-electron chi connectivity index (χ0n) is 13.7. The van der Waals surface area contributed by atoms with Gasteiger partial charge in [-0.1, -0.05) is 0 Å². The molecule has 1 atom stereocenters. The molecule has 1 N–H and O–H groups in total. The molecule has 6 nitrogen and oxygen atoms in total. The topological polar surface area (TPSA) is 59.1 Å². The van der Waals surface area contributed by atoms with E-state index in [1.165, 1.54) is 12.1 Å². The molecule has 9 heteroatoms. The van der Waals surface area contributed by atoms with E-state index < -0.39 is 0 Å². The van der Waals surface area contributed by atoms with Gasteiger partial charge in [0, 0.05) is 45.1 Å². The van der Waals surface area contributed by atoms with Crippen molar-refractivity contribution in [2.75, 3.05) is 19.6 Å². The van der Waals surface area contributed by atoms with Crippen LogP contribution in [-0.4, -0.2) is 39.1 Å². The Balaban J connectivity index is 0.00000113. The zero-order valence-corrected chi connectivity index (χ0v) is 15.3. The molecule has 1 unspecified atom stereocenters. The van der Waals surface area contributed by atoms with Crippen molar-refractivity contribution in [1.82, 2.24) is 24.8 Å². The van der Waals surface area contributed by atoms with E-state index in [9.17, 15) is 4.39 Å². The van der Waals surface area contributed by atoms with Crippen molar-refractivity contribution >= 4 is 35.9 Å². The summed E-state index contributed by atoms with van der Waals surface area (Å²) in [4.78, 5) is 11.2. The monoisotopic (exact) mass is 387 g/mol. The lowest BCUT2D eigenvalue weighted by molar-refractivity contribution is 0.133. The Morgan fingerprint density at radius 3 is 2.96 bits per heavy atom. The highest BCUT2D eigenvalue weighted by Gasteiger charge is 2.28. The van der Waals surface area contributed by atoms with Crippen LogP contribution in [0.25, 0.3) is 11.1 Å². The maximum absolute atomic E-state index is 13.3. The van der Waals surface area contributed by atoms with E-state index in [0.717, 1.165) is 25.5 Å². The lowest BCUT2D eigenvalue weighted by Gasteiger charge is -2.34. The SMILES string of the molecule is Cl.Cl.Cn1ccnc1C1CNCCN1Cc1nc2cc(F)ccc2o1. The molecule has 1 aliphatic rings. The van der Waals surface area contributed by atoms with E-state index >= 15 is 0 Å². The maximum atomic E-state index is 13.3. The number of benzene rings is 1. The first-order chi connectivity index (χ1) is 11.2. The Bertz CT molecular complexity index is 837. The predicted molar refractivity (Wildman–Crippen MR) is 97.7 cm³/mol. The normalized spacial score (nSPS) is 17.9. The number of imidazole rings is 1. The van der Waals surface area contributed by atoms with Gasteiger partial charge >= 0.3 is 0 Å². The van der Waals surface area contributed by atoms with E-state index in [1.807, 2.05) is 24.0 Å². The van der Waals surface area contributed by atoms with Crippen molar-refractivity contribution < 1.29 is 8.81 Å². The van der Waals surface area contributed by atoms with Gasteiger partial charge in [-0.3, -0.25) is 4.90 Å². The molecule has 0 spiro atoms.